The molecule has 3 aliphatic rings. The number of benzene rings is 2. The SMILES string of the molecule is O=C(NCC1(c2ccc3c(c2)OCO3)CCOCC1)c1ccccc1SCC(=O)N1CCCC1. The van der Waals surface area contributed by atoms with Gasteiger partial charge in [-0.05, 0) is 55.5 Å². The second-order valence-corrected chi connectivity index (χ2v) is 10.0. The minimum atomic E-state index is -0.233. The lowest BCUT2D eigenvalue weighted by molar-refractivity contribution is -0.127. The van der Waals surface area contributed by atoms with E-state index in [1.54, 1.807) is 0 Å². The normalized spacial score (nSPS) is 18.6. The number of carbonyl (C=O) groups excluding carboxylic acids is 2. The van der Waals surface area contributed by atoms with E-state index in [1.807, 2.05) is 41.3 Å². The van der Waals surface area contributed by atoms with Crippen LogP contribution in [0.4, 0.5) is 0 Å². The van der Waals surface area contributed by atoms with Crippen LogP contribution in [0.3, 0.4) is 0 Å². The Labute approximate surface area is 204 Å². The molecular formula is C26H30N2O5S. The van der Waals surface area contributed by atoms with E-state index in [1.165, 1.54) is 11.8 Å². The minimum Gasteiger partial charge on any atom is -0.454 e. The first-order chi connectivity index (χ1) is 16.6. The summed E-state index contributed by atoms with van der Waals surface area (Å²) in [6, 6.07) is 13.6. The number of rotatable bonds is 7. The molecule has 3 heterocycles. The van der Waals surface area contributed by atoms with Crippen LogP contribution >= 0.6 is 11.8 Å². The van der Waals surface area contributed by atoms with Gasteiger partial charge in [0.05, 0.1) is 11.3 Å². The Morgan fingerprint density at radius 1 is 1.00 bits per heavy atom. The summed E-state index contributed by atoms with van der Waals surface area (Å²) in [6.45, 7) is 3.71. The van der Waals surface area contributed by atoms with Gasteiger partial charge in [0.2, 0.25) is 12.7 Å². The van der Waals surface area contributed by atoms with Gasteiger partial charge in [-0.15, -0.1) is 11.8 Å². The summed E-state index contributed by atoms with van der Waals surface area (Å²) >= 11 is 1.44. The highest BCUT2D eigenvalue weighted by molar-refractivity contribution is 8.00. The fourth-order valence-corrected chi connectivity index (χ4v) is 5.83. The van der Waals surface area contributed by atoms with Crippen LogP contribution in [0, 0.1) is 0 Å². The molecule has 180 valence electrons. The van der Waals surface area contributed by atoms with E-state index in [-0.39, 0.29) is 24.0 Å². The van der Waals surface area contributed by atoms with Crippen molar-refractivity contribution in [1.29, 1.82) is 0 Å². The van der Waals surface area contributed by atoms with Gasteiger partial charge in [-0.2, -0.15) is 0 Å². The number of fused-ring (bicyclic) bond motifs is 1. The van der Waals surface area contributed by atoms with Gasteiger partial charge in [0, 0.05) is 43.2 Å². The van der Waals surface area contributed by atoms with Gasteiger partial charge in [-0.3, -0.25) is 9.59 Å². The topological polar surface area (TPSA) is 77.1 Å². The summed E-state index contributed by atoms with van der Waals surface area (Å²) in [6.07, 6.45) is 3.78. The third-order valence-electron chi connectivity index (χ3n) is 6.96. The summed E-state index contributed by atoms with van der Waals surface area (Å²) in [4.78, 5) is 28.5. The molecule has 0 radical (unpaired) electrons. The lowest BCUT2D eigenvalue weighted by Gasteiger charge is -2.38. The molecule has 0 aliphatic carbocycles. The largest absolute Gasteiger partial charge is 0.454 e. The number of nitrogens with one attached hydrogen (secondary N) is 1. The van der Waals surface area contributed by atoms with Crippen LogP contribution < -0.4 is 14.8 Å². The van der Waals surface area contributed by atoms with Crippen LogP contribution in [-0.4, -0.2) is 62.1 Å². The van der Waals surface area contributed by atoms with Crippen molar-refractivity contribution in [2.45, 2.75) is 36.0 Å². The molecule has 0 aromatic heterocycles. The first-order valence-electron chi connectivity index (χ1n) is 11.9. The average Bonchev–Trinajstić information content (AvgIpc) is 3.59. The molecule has 2 saturated heterocycles. The summed E-state index contributed by atoms with van der Waals surface area (Å²) < 4.78 is 16.7. The Balaban J connectivity index is 1.28. The lowest BCUT2D eigenvalue weighted by atomic mass is 9.74. The van der Waals surface area contributed by atoms with Crippen molar-refractivity contribution in [3.8, 4) is 11.5 Å². The Morgan fingerprint density at radius 2 is 1.76 bits per heavy atom. The molecule has 0 atom stereocenters. The van der Waals surface area contributed by atoms with Crippen molar-refractivity contribution >= 4 is 23.6 Å². The second kappa shape index (κ2) is 10.3. The van der Waals surface area contributed by atoms with Crippen LogP contribution in [0.2, 0.25) is 0 Å². The van der Waals surface area contributed by atoms with Crippen molar-refractivity contribution in [3.05, 3.63) is 53.6 Å². The second-order valence-electron chi connectivity index (χ2n) is 9.02. The quantitative estimate of drug-likeness (QED) is 0.608. The van der Waals surface area contributed by atoms with E-state index >= 15 is 0 Å². The van der Waals surface area contributed by atoms with E-state index in [4.69, 9.17) is 14.2 Å². The van der Waals surface area contributed by atoms with Crippen LogP contribution in [-0.2, 0) is 14.9 Å². The molecule has 0 spiro atoms. The fraction of sp³-hybridized carbons (Fsp3) is 0.462. The maximum atomic E-state index is 13.3. The van der Waals surface area contributed by atoms with E-state index in [0.717, 1.165) is 60.7 Å². The monoisotopic (exact) mass is 482 g/mol. The van der Waals surface area contributed by atoms with Crippen LogP contribution in [0.15, 0.2) is 47.4 Å². The third kappa shape index (κ3) is 4.88. The number of hydrogen-bond acceptors (Lipinski definition) is 6. The summed E-state index contributed by atoms with van der Waals surface area (Å²) in [5.41, 5.74) is 1.50. The molecule has 8 heteroatoms. The summed E-state index contributed by atoms with van der Waals surface area (Å²) in [5.74, 6) is 1.87. The molecule has 0 bridgehead atoms. The number of carbonyl (C=O) groups is 2. The van der Waals surface area contributed by atoms with Crippen molar-refractivity contribution in [1.82, 2.24) is 10.2 Å². The summed E-state index contributed by atoms with van der Waals surface area (Å²) in [7, 11) is 0. The van der Waals surface area contributed by atoms with Crippen LogP contribution in [0.1, 0.15) is 41.6 Å². The number of hydrogen-bond donors (Lipinski definition) is 1. The number of ether oxygens (including phenoxy) is 3. The summed E-state index contributed by atoms with van der Waals surface area (Å²) in [5, 5.41) is 3.18. The van der Waals surface area contributed by atoms with Crippen molar-refractivity contribution in [2.75, 3.05) is 45.4 Å². The van der Waals surface area contributed by atoms with E-state index in [2.05, 4.69) is 11.4 Å². The predicted octanol–water partition coefficient (Wildman–Crippen LogP) is 3.61. The highest BCUT2D eigenvalue weighted by Gasteiger charge is 2.36. The minimum absolute atomic E-state index is 0.122. The van der Waals surface area contributed by atoms with Gasteiger partial charge in [-0.25, -0.2) is 0 Å². The zero-order valence-electron chi connectivity index (χ0n) is 19.2. The molecule has 2 aromatic carbocycles. The first-order valence-corrected chi connectivity index (χ1v) is 12.9. The number of likely N-dealkylation sites (tertiary alicyclic amines) is 1. The fourth-order valence-electron chi connectivity index (χ4n) is 4.88. The zero-order chi connectivity index (χ0) is 23.4. The van der Waals surface area contributed by atoms with E-state index in [9.17, 15) is 9.59 Å². The predicted molar refractivity (Wildman–Crippen MR) is 130 cm³/mol. The Hall–Kier alpha value is -2.71. The molecule has 2 fully saturated rings. The third-order valence-corrected chi connectivity index (χ3v) is 8.02. The zero-order valence-corrected chi connectivity index (χ0v) is 20.0. The molecule has 1 N–H and O–H groups in total. The molecule has 0 unspecified atom stereocenters. The van der Waals surface area contributed by atoms with Crippen molar-refractivity contribution in [2.24, 2.45) is 0 Å². The molecular weight excluding hydrogens is 452 g/mol. The van der Waals surface area contributed by atoms with Gasteiger partial charge in [0.25, 0.3) is 5.91 Å². The van der Waals surface area contributed by atoms with Gasteiger partial charge in [0.15, 0.2) is 11.5 Å². The van der Waals surface area contributed by atoms with E-state index in [0.29, 0.717) is 31.1 Å². The maximum Gasteiger partial charge on any atom is 0.252 e. The van der Waals surface area contributed by atoms with Gasteiger partial charge < -0.3 is 24.4 Å². The Morgan fingerprint density at radius 3 is 2.59 bits per heavy atom. The Kier molecular flexibility index (Phi) is 6.97. The first kappa shape index (κ1) is 23.1. The van der Waals surface area contributed by atoms with Crippen molar-refractivity contribution < 1.29 is 23.8 Å². The van der Waals surface area contributed by atoms with Gasteiger partial charge in [-0.1, -0.05) is 18.2 Å². The maximum absolute atomic E-state index is 13.3. The molecule has 7 nitrogen and oxygen atoms in total. The number of nitrogens with zero attached hydrogens (tertiary/aromatic N) is 1. The van der Waals surface area contributed by atoms with E-state index < -0.39 is 0 Å². The molecule has 0 saturated carbocycles. The average molecular weight is 483 g/mol. The Bertz CT molecular complexity index is 1050. The molecule has 5 rings (SSSR count). The molecule has 34 heavy (non-hydrogen) atoms. The van der Waals surface area contributed by atoms with Gasteiger partial charge in [0.1, 0.15) is 0 Å². The van der Waals surface area contributed by atoms with Crippen molar-refractivity contribution in [3.63, 3.8) is 0 Å². The number of thioether (sulfide) groups is 1. The molecule has 2 aromatic rings. The smallest absolute Gasteiger partial charge is 0.252 e. The standard InChI is InChI=1S/C26H30N2O5S/c29-24(28-11-3-4-12-28)16-34-23-6-2-1-5-20(23)25(30)27-17-26(9-13-31-14-10-26)19-7-8-21-22(15-19)33-18-32-21/h1-2,5-8,15H,3-4,9-14,16-18H2,(H,27,30). The number of amides is 2. The highest BCUT2D eigenvalue weighted by Crippen LogP contribution is 2.40. The molecule has 3 aliphatic heterocycles. The van der Waals surface area contributed by atoms with Crippen LogP contribution in [0.5, 0.6) is 11.5 Å². The highest BCUT2D eigenvalue weighted by atomic mass is 32.2. The molecule has 2 amide bonds. The lowest BCUT2D eigenvalue weighted by Crippen LogP contribution is -2.44. The van der Waals surface area contributed by atoms with Crippen LogP contribution in [0.25, 0.3) is 0 Å². The van der Waals surface area contributed by atoms with Gasteiger partial charge >= 0.3 is 0 Å².